The van der Waals surface area contributed by atoms with E-state index in [1.807, 2.05) is 35.7 Å². The van der Waals surface area contributed by atoms with Crippen LogP contribution in [-0.2, 0) is 9.47 Å². The van der Waals surface area contributed by atoms with Crippen LogP contribution in [0.5, 0.6) is 0 Å². The summed E-state index contributed by atoms with van der Waals surface area (Å²) in [6.07, 6.45) is -1.42. The average Bonchev–Trinajstić information content (AvgIpc) is 3.46. The summed E-state index contributed by atoms with van der Waals surface area (Å²) in [7, 11) is 0. The topological polar surface area (TPSA) is 59.0 Å². The number of aliphatic hydroxyl groups is 1. The van der Waals surface area contributed by atoms with Gasteiger partial charge in [0.05, 0.1) is 24.1 Å². The monoisotopic (exact) mass is 427 g/mol. The van der Waals surface area contributed by atoms with Gasteiger partial charge in [-0.25, -0.2) is 0 Å². The van der Waals surface area contributed by atoms with E-state index >= 15 is 0 Å². The van der Waals surface area contributed by atoms with E-state index in [-0.39, 0.29) is 12.2 Å². The lowest BCUT2D eigenvalue weighted by atomic mass is 9.99. The maximum Gasteiger partial charge on any atom is 0.257 e. The van der Waals surface area contributed by atoms with Gasteiger partial charge in [-0.15, -0.1) is 11.3 Å². The number of aliphatic hydroxyl groups excluding tert-OH is 1. The Morgan fingerprint density at radius 1 is 1.07 bits per heavy atom. The Balaban J connectivity index is 1.60. The molecule has 5 rings (SSSR count). The van der Waals surface area contributed by atoms with Crippen molar-refractivity contribution in [1.82, 2.24) is 4.90 Å². The molecule has 1 amide bonds. The van der Waals surface area contributed by atoms with Gasteiger partial charge >= 0.3 is 0 Å². The van der Waals surface area contributed by atoms with Crippen molar-refractivity contribution in [1.29, 1.82) is 0 Å². The highest BCUT2D eigenvalue weighted by Crippen LogP contribution is 2.43. The number of rotatable bonds is 4. The molecule has 1 N–H and O–H groups in total. The maximum absolute atomic E-state index is 13.2. The molecule has 0 radical (unpaired) electrons. The lowest BCUT2D eigenvalue weighted by Gasteiger charge is -2.31. The Morgan fingerprint density at radius 3 is 2.62 bits per heavy atom. The number of amides is 1. The number of carbonyl (C=O) groups is 1. The summed E-state index contributed by atoms with van der Waals surface area (Å²) >= 11 is 7.77. The zero-order chi connectivity index (χ0) is 20.0. The molecule has 2 atom stereocenters. The Labute approximate surface area is 177 Å². The van der Waals surface area contributed by atoms with E-state index in [0.717, 1.165) is 16.0 Å². The van der Waals surface area contributed by atoms with Crippen LogP contribution in [0.1, 0.15) is 50.5 Å². The van der Waals surface area contributed by atoms with Crippen LogP contribution in [0.15, 0.2) is 60.0 Å². The van der Waals surface area contributed by atoms with Crippen molar-refractivity contribution in [3.05, 3.63) is 92.1 Å². The second-order valence-corrected chi connectivity index (χ2v) is 8.37. The van der Waals surface area contributed by atoms with Crippen molar-refractivity contribution in [3.63, 3.8) is 0 Å². The van der Waals surface area contributed by atoms with Crippen LogP contribution in [0.25, 0.3) is 0 Å². The van der Waals surface area contributed by atoms with Crippen molar-refractivity contribution in [2.24, 2.45) is 0 Å². The van der Waals surface area contributed by atoms with Gasteiger partial charge < -0.3 is 14.6 Å². The van der Waals surface area contributed by atoms with Crippen molar-refractivity contribution >= 4 is 28.8 Å². The van der Waals surface area contributed by atoms with E-state index in [4.69, 9.17) is 21.1 Å². The van der Waals surface area contributed by atoms with Crippen molar-refractivity contribution < 1.29 is 19.4 Å². The van der Waals surface area contributed by atoms with E-state index in [9.17, 15) is 9.90 Å². The molecule has 2 aromatic carbocycles. The second kappa shape index (κ2) is 7.55. The summed E-state index contributed by atoms with van der Waals surface area (Å²) < 4.78 is 11.2. The standard InChI is InChI=1S/C22H18ClNO4S/c23-15-5-3-4-13(10-15)19(14-11-18(29-12-14)22-27-8-9-28-22)24-20(25)16-6-1-2-7-17(16)21(24)26/h1-7,10-12,19-20,22,25H,8-9H2. The second-order valence-electron chi connectivity index (χ2n) is 6.99. The Hall–Kier alpha value is -2.22. The molecule has 0 saturated carbocycles. The summed E-state index contributed by atoms with van der Waals surface area (Å²) in [5, 5.41) is 13.6. The molecule has 1 aromatic heterocycles. The number of hydrogen-bond donors (Lipinski definition) is 1. The molecule has 0 bridgehead atoms. The first kappa shape index (κ1) is 18.8. The number of carbonyl (C=O) groups excluding carboxylic acids is 1. The number of thiophene rings is 1. The number of benzene rings is 2. The van der Waals surface area contributed by atoms with Crippen molar-refractivity contribution in [2.75, 3.05) is 13.2 Å². The molecule has 7 heteroatoms. The first-order valence-corrected chi connectivity index (χ1v) is 10.6. The van der Waals surface area contributed by atoms with Gasteiger partial charge in [-0.05, 0) is 40.8 Å². The summed E-state index contributed by atoms with van der Waals surface area (Å²) in [5.74, 6) is -0.209. The van der Waals surface area contributed by atoms with E-state index < -0.39 is 12.3 Å². The molecule has 0 aliphatic carbocycles. The van der Waals surface area contributed by atoms with Crippen LogP contribution in [0.2, 0.25) is 5.02 Å². The lowest BCUT2D eigenvalue weighted by molar-refractivity contribution is -0.0414. The van der Waals surface area contributed by atoms with E-state index in [0.29, 0.717) is 29.4 Å². The molecular formula is C22H18ClNO4S. The average molecular weight is 428 g/mol. The predicted octanol–water partition coefficient (Wildman–Crippen LogP) is 4.68. The summed E-state index contributed by atoms with van der Waals surface area (Å²) in [6.45, 7) is 1.13. The first-order chi connectivity index (χ1) is 14.1. The molecule has 2 aliphatic rings. The third kappa shape index (κ3) is 3.27. The molecule has 148 valence electrons. The number of halogens is 1. The van der Waals surface area contributed by atoms with Crippen molar-refractivity contribution in [3.8, 4) is 0 Å². The Bertz CT molecular complexity index is 1060. The van der Waals surface area contributed by atoms with Gasteiger partial charge in [0.1, 0.15) is 0 Å². The Morgan fingerprint density at radius 2 is 1.86 bits per heavy atom. The SMILES string of the molecule is O=C1c2ccccc2C(O)N1C(c1cccc(Cl)c1)c1csc(C2OCCO2)c1. The zero-order valence-corrected chi connectivity index (χ0v) is 16.9. The molecule has 2 unspecified atom stereocenters. The fourth-order valence-electron chi connectivity index (χ4n) is 3.92. The van der Waals surface area contributed by atoms with Gasteiger partial charge in [0, 0.05) is 16.1 Å². The van der Waals surface area contributed by atoms with E-state index in [1.54, 1.807) is 24.3 Å². The number of fused-ring (bicyclic) bond motifs is 1. The van der Waals surface area contributed by atoms with Crippen LogP contribution in [0.4, 0.5) is 0 Å². The van der Waals surface area contributed by atoms with Gasteiger partial charge in [0.2, 0.25) is 0 Å². The van der Waals surface area contributed by atoms with Crippen LogP contribution >= 0.6 is 22.9 Å². The molecular weight excluding hydrogens is 410 g/mol. The molecule has 5 nitrogen and oxygen atoms in total. The maximum atomic E-state index is 13.2. The van der Waals surface area contributed by atoms with Crippen LogP contribution in [0, 0.1) is 0 Å². The lowest BCUT2D eigenvalue weighted by Crippen LogP contribution is -2.33. The zero-order valence-electron chi connectivity index (χ0n) is 15.3. The number of hydrogen-bond acceptors (Lipinski definition) is 5. The minimum absolute atomic E-state index is 0.209. The molecule has 2 aliphatic heterocycles. The van der Waals surface area contributed by atoms with Gasteiger partial charge in [0.15, 0.2) is 12.5 Å². The molecule has 1 fully saturated rings. The predicted molar refractivity (Wildman–Crippen MR) is 110 cm³/mol. The number of nitrogens with zero attached hydrogens (tertiary/aromatic N) is 1. The Kier molecular flexibility index (Phi) is 4.89. The van der Waals surface area contributed by atoms with Crippen LogP contribution in [-0.4, -0.2) is 29.1 Å². The fourth-order valence-corrected chi connectivity index (χ4v) is 5.04. The van der Waals surface area contributed by atoms with Crippen LogP contribution in [0.3, 0.4) is 0 Å². The molecule has 3 heterocycles. The third-order valence-electron chi connectivity index (χ3n) is 5.22. The summed E-state index contributed by atoms with van der Waals surface area (Å²) in [6, 6.07) is 16.0. The van der Waals surface area contributed by atoms with Gasteiger partial charge in [-0.1, -0.05) is 41.9 Å². The highest BCUT2D eigenvalue weighted by atomic mass is 35.5. The van der Waals surface area contributed by atoms with E-state index in [2.05, 4.69) is 0 Å². The summed E-state index contributed by atoms with van der Waals surface area (Å²) in [5.41, 5.74) is 2.84. The fraction of sp³-hybridized carbons (Fsp3) is 0.227. The van der Waals surface area contributed by atoms with Gasteiger partial charge in [-0.3, -0.25) is 9.69 Å². The number of ether oxygens (including phenoxy) is 2. The van der Waals surface area contributed by atoms with Gasteiger partial charge in [0.25, 0.3) is 5.91 Å². The van der Waals surface area contributed by atoms with Crippen molar-refractivity contribution in [2.45, 2.75) is 18.6 Å². The minimum Gasteiger partial charge on any atom is -0.369 e. The smallest absolute Gasteiger partial charge is 0.257 e. The molecule has 0 spiro atoms. The quantitative estimate of drug-likeness (QED) is 0.656. The van der Waals surface area contributed by atoms with Crippen LogP contribution < -0.4 is 0 Å². The highest BCUT2D eigenvalue weighted by molar-refractivity contribution is 7.10. The van der Waals surface area contributed by atoms with Gasteiger partial charge in [-0.2, -0.15) is 0 Å². The first-order valence-electron chi connectivity index (χ1n) is 9.30. The third-order valence-corrected chi connectivity index (χ3v) is 6.43. The molecule has 29 heavy (non-hydrogen) atoms. The molecule has 1 saturated heterocycles. The molecule has 3 aromatic rings. The minimum atomic E-state index is -1.04. The van der Waals surface area contributed by atoms with E-state index in [1.165, 1.54) is 16.2 Å². The normalized spacial score (nSPS) is 20.3. The highest BCUT2D eigenvalue weighted by Gasteiger charge is 2.41. The largest absolute Gasteiger partial charge is 0.369 e. The summed E-state index contributed by atoms with van der Waals surface area (Å²) in [4.78, 5) is 15.7.